The van der Waals surface area contributed by atoms with E-state index in [1.165, 1.54) is 0 Å². The van der Waals surface area contributed by atoms with Crippen LogP contribution in [0.3, 0.4) is 0 Å². The lowest BCUT2D eigenvalue weighted by Gasteiger charge is -2.25. The second-order valence-electron chi connectivity index (χ2n) is 19.4. The second kappa shape index (κ2) is 24.3. The molecule has 0 unspecified atom stereocenters. The fourth-order valence-electron chi connectivity index (χ4n) is 10.1. The molecule has 0 atom stereocenters. The normalized spacial score (nSPS) is 11.6. The largest absolute Gasteiger partial charge is 0.493 e. The van der Waals surface area contributed by atoms with Gasteiger partial charge in [0.2, 0.25) is 0 Å². The highest BCUT2D eigenvalue weighted by Gasteiger charge is 2.26. The minimum absolute atomic E-state index is 0.456. The van der Waals surface area contributed by atoms with Gasteiger partial charge in [-0.2, -0.15) is 21.0 Å². The zero-order valence-corrected chi connectivity index (χ0v) is 43.8. The molecular formula is C68H60N4O4. The van der Waals surface area contributed by atoms with E-state index in [0.717, 1.165) is 138 Å². The number of benzene rings is 8. The van der Waals surface area contributed by atoms with Crippen LogP contribution in [0.2, 0.25) is 0 Å². The molecule has 0 fully saturated rings. The molecule has 8 heteroatoms. The molecule has 9 rings (SSSR count). The SMILES string of the molecule is CCCOc1c2cc(-c3ccc(C#N)cc3)cc1Cc1cc(-c3ccc(C#N)cc3)cc(c1OCCC)Cc1cc(-c3ccc(C#N)cc3)cc(c1OCCC)Cc1cc(-c3ccc(C#N)cc3)cc(c1OCCC)C2. The van der Waals surface area contributed by atoms with Gasteiger partial charge in [-0.25, -0.2) is 0 Å². The average molecular weight is 997 g/mol. The van der Waals surface area contributed by atoms with Crippen molar-refractivity contribution in [3.05, 3.63) is 212 Å². The lowest BCUT2D eigenvalue weighted by molar-refractivity contribution is 0.304. The van der Waals surface area contributed by atoms with E-state index >= 15 is 0 Å². The molecule has 0 aliphatic heterocycles. The lowest BCUT2D eigenvalue weighted by atomic mass is 9.86. The van der Waals surface area contributed by atoms with Crippen molar-refractivity contribution in [3.63, 3.8) is 0 Å². The molecule has 0 spiro atoms. The van der Waals surface area contributed by atoms with Crippen molar-refractivity contribution < 1.29 is 18.9 Å². The number of ether oxygens (including phenoxy) is 4. The molecule has 0 radical (unpaired) electrons. The summed E-state index contributed by atoms with van der Waals surface area (Å²) in [6.07, 6.45) is 5.02. The summed E-state index contributed by atoms with van der Waals surface area (Å²) in [6.45, 7) is 10.5. The van der Waals surface area contributed by atoms with Crippen LogP contribution in [0.4, 0.5) is 0 Å². The van der Waals surface area contributed by atoms with Crippen LogP contribution in [-0.4, -0.2) is 26.4 Å². The number of nitriles is 4. The van der Waals surface area contributed by atoms with Crippen LogP contribution in [-0.2, 0) is 25.7 Å². The first-order valence-corrected chi connectivity index (χ1v) is 26.4. The van der Waals surface area contributed by atoms with Crippen molar-refractivity contribution in [2.75, 3.05) is 26.4 Å². The molecule has 0 aromatic heterocycles. The van der Waals surface area contributed by atoms with Crippen molar-refractivity contribution in [1.82, 2.24) is 0 Å². The monoisotopic (exact) mass is 996 g/mol. The molecule has 1 aliphatic rings. The molecular weight excluding hydrogens is 937 g/mol. The van der Waals surface area contributed by atoms with Gasteiger partial charge in [0.1, 0.15) is 23.0 Å². The Kier molecular flexibility index (Phi) is 16.6. The van der Waals surface area contributed by atoms with Crippen molar-refractivity contribution in [2.45, 2.75) is 79.1 Å². The summed E-state index contributed by atoms with van der Waals surface area (Å²) in [5.41, 5.74) is 18.0. The van der Waals surface area contributed by atoms with Crippen LogP contribution in [0, 0.1) is 45.3 Å². The Morgan fingerprint density at radius 1 is 0.276 bits per heavy atom. The predicted octanol–water partition coefficient (Wildman–Crippen LogP) is 15.7. The summed E-state index contributed by atoms with van der Waals surface area (Å²) in [4.78, 5) is 0. The third kappa shape index (κ3) is 11.6. The third-order valence-corrected chi connectivity index (χ3v) is 13.7. The minimum atomic E-state index is 0.456. The van der Waals surface area contributed by atoms with E-state index in [4.69, 9.17) is 18.9 Å². The molecule has 0 heterocycles. The zero-order valence-electron chi connectivity index (χ0n) is 43.8. The topological polar surface area (TPSA) is 132 Å². The second-order valence-corrected chi connectivity index (χ2v) is 19.4. The van der Waals surface area contributed by atoms with Crippen LogP contribution in [0.25, 0.3) is 44.5 Å². The van der Waals surface area contributed by atoms with E-state index in [2.05, 4.69) is 101 Å². The summed E-state index contributed by atoms with van der Waals surface area (Å²) in [6, 6.07) is 58.0. The Balaban J connectivity index is 1.41. The Morgan fingerprint density at radius 3 is 0.592 bits per heavy atom. The minimum Gasteiger partial charge on any atom is -0.493 e. The van der Waals surface area contributed by atoms with E-state index in [1.807, 2.05) is 97.1 Å². The first kappa shape index (κ1) is 51.8. The summed E-state index contributed by atoms with van der Waals surface area (Å²) in [7, 11) is 0. The van der Waals surface area contributed by atoms with Gasteiger partial charge in [-0.3, -0.25) is 0 Å². The van der Waals surface area contributed by atoms with E-state index in [9.17, 15) is 21.0 Å². The molecule has 0 saturated carbocycles. The van der Waals surface area contributed by atoms with Crippen LogP contribution in [0.1, 0.15) is 120 Å². The van der Waals surface area contributed by atoms with Crippen LogP contribution in [0.15, 0.2) is 146 Å². The average Bonchev–Trinajstić information content (AvgIpc) is 3.46. The maximum Gasteiger partial charge on any atom is 0.126 e. The molecule has 0 amide bonds. The van der Waals surface area contributed by atoms with Crippen molar-refractivity contribution in [3.8, 4) is 91.8 Å². The number of hydrogen-bond acceptors (Lipinski definition) is 8. The third-order valence-electron chi connectivity index (χ3n) is 13.7. The van der Waals surface area contributed by atoms with Crippen LogP contribution in [0.5, 0.6) is 23.0 Å². The van der Waals surface area contributed by atoms with E-state index in [-0.39, 0.29) is 0 Å². The van der Waals surface area contributed by atoms with Gasteiger partial charge in [-0.05, 0) is 212 Å². The zero-order chi connectivity index (χ0) is 53.0. The first-order chi connectivity index (χ1) is 37.3. The van der Waals surface area contributed by atoms with E-state index < -0.39 is 0 Å². The summed E-state index contributed by atoms with van der Waals surface area (Å²) in [5, 5.41) is 39.3. The van der Waals surface area contributed by atoms with Crippen LogP contribution < -0.4 is 18.9 Å². The van der Waals surface area contributed by atoms with Gasteiger partial charge in [0.25, 0.3) is 0 Å². The van der Waals surface area contributed by atoms with Gasteiger partial charge in [0.05, 0.1) is 73.0 Å². The number of rotatable bonds is 16. The summed E-state index contributed by atoms with van der Waals surface area (Å²) in [5.74, 6) is 3.21. The Morgan fingerprint density at radius 2 is 0.447 bits per heavy atom. The Bertz CT molecular complexity index is 2980. The van der Waals surface area contributed by atoms with Gasteiger partial charge in [0, 0.05) is 25.7 Å². The quantitative estimate of drug-likeness (QED) is 0.0935. The number of hydrogen-bond donors (Lipinski definition) is 0. The van der Waals surface area contributed by atoms with Gasteiger partial charge in [0.15, 0.2) is 0 Å². The smallest absolute Gasteiger partial charge is 0.126 e. The van der Waals surface area contributed by atoms with Gasteiger partial charge in [-0.15, -0.1) is 0 Å². The lowest BCUT2D eigenvalue weighted by Crippen LogP contribution is -2.11. The molecule has 8 bridgehead atoms. The fraction of sp³-hybridized carbons (Fsp3) is 0.235. The summed E-state index contributed by atoms with van der Waals surface area (Å²) < 4.78 is 28.0. The molecule has 8 aromatic rings. The maximum atomic E-state index is 9.82. The van der Waals surface area contributed by atoms with E-state index in [1.54, 1.807) is 0 Å². The predicted molar refractivity (Wildman–Crippen MR) is 301 cm³/mol. The molecule has 0 saturated heterocycles. The Labute approximate surface area is 447 Å². The van der Waals surface area contributed by atoms with Crippen molar-refractivity contribution in [1.29, 1.82) is 21.0 Å². The molecule has 8 nitrogen and oxygen atoms in total. The van der Waals surface area contributed by atoms with Crippen molar-refractivity contribution in [2.24, 2.45) is 0 Å². The Hall–Kier alpha value is -9.08. The van der Waals surface area contributed by atoms with E-state index in [0.29, 0.717) is 74.4 Å². The molecule has 1 aliphatic carbocycles. The maximum absolute atomic E-state index is 9.82. The number of nitrogens with zero attached hydrogens (tertiary/aromatic N) is 4. The van der Waals surface area contributed by atoms with Crippen molar-refractivity contribution >= 4 is 0 Å². The van der Waals surface area contributed by atoms with Crippen LogP contribution >= 0.6 is 0 Å². The fourth-order valence-corrected chi connectivity index (χ4v) is 10.1. The molecule has 0 N–H and O–H groups in total. The highest BCUT2D eigenvalue weighted by Crippen LogP contribution is 2.44. The highest BCUT2D eigenvalue weighted by molar-refractivity contribution is 5.75. The first-order valence-electron chi connectivity index (χ1n) is 26.4. The van der Waals surface area contributed by atoms with Gasteiger partial charge >= 0.3 is 0 Å². The number of fused-ring (bicyclic) bond motifs is 8. The molecule has 376 valence electrons. The van der Waals surface area contributed by atoms with Gasteiger partial charge in [-0.1, -0.05) is 76.2 Å². The summed E-state index contributed by atoms with van der Waals surface area (Å²) >= 11 is 0. The molecule has 8 aromatic carbocycles. The standard InChI is InChI=1S/C68H60N4O4/c1-5-25-73-65-57-29-53(49-17-9-45(41-69)10-18-49)30-58(65)38-60-32-55(51-21-13-47(43-71)14-22-51)34-62(67(60)75-27-7-3)40-64-36-56(52-23-15-48(44-72)16-24-52)35-63(68(64)76-28-8-4)39-61-33-54(50-19-11-46(42-70)12-20-50)31-59(37-57)66(61)74-26-6-2/h9-24,29-36H,5-8,25-28,37-40H2,1-4H3. The molecule has 76 heavy (non-hydrogen) atoms. The highest BCUT2D eigenvalue weighted by atomic mass is 16.5. The van der Waals surface area contributed by atoms with Gasteiger partial charge < -0.3 is 18.9 Å².